The number of fused-ring (bicyclic) bond motifs is 1. The summed E-state index contributed by atoms with van der Waals surface area (Å²) >= 11 is 7.66. The highest BCUT2D eigenvalue weighted by atomic mass is 35.5. The number of nitrogens with zero attached hydrogens (tertiary/aromatic N) is 2. The predicted molar refractivity (Wildman–Crippen MR) is 106 cm³/mol. The molecule has 2 aromatic heterocycles. The molecule has 2 N–H and O–H groups in total. The Balaban J connectivity index is 1.66. The number of para-hydroxylation sites is 1. The Labute approximate surface area is 154 Å². The van der Waals surface area contributed by atoms with Crippen LogP contribution in [0, 0.1) is 0 Å². The van der Waals surface area contributed by atoms with Crippen molar-refractivity contribution >= 4 is 51.3 Å². The van der Waals surface area contributed by atoms with Crippen LogP contribution in [0.5, 0.6) is 0 Å². The Morgan fingerprint density at radius 1 is 0.920 bits per heavy atom. The molecule has 0 aliphatic rings. The van der Waals surface area contributed by atoms with Gasteiger partial charge in [-0.1, -0.05) is 29.8 Å². The fraction of sp³-hybridized carbons (Fsp3) is 0.0526. The van der Waals surface area contributed by atoms with Crippen molar-refractivity contribution in [1.29, 1.82) is 0 Å². The summed E-state index contributed by atoms with van der Waals surface area (Å²) in [5, 5.41) is 10.4. The molecule has 0 unspecified atom stereocenters. The first-order valence-electron chi connectivity index (χ1n) is 7.83. The molecule has 4 nitrogen and oxygen atoms in total. The second-order valence-electron chi connectivity index (χ2n) is 5.48. The van der Waals surface area contributed by atoms with Gasteiger partial charge in [-0.25, -0.2) is 4.98 Å². The van der Waals surface area contributed by atoms with Crippen LogP contribution in [-0.2, 0) is 6.54 Å². The molecule has 0 aliphatic carbocycles. The van der Waals surface area contributed by atoms with Crippen LogP contribution >= 0.6 is 22.9 Å². The Morgan fingerprint density at radius 2 is 1.76 bits per heavy atom. The zero-order valence-corrected chi connectivity index (χ0v) is 14.8. The molecule has 0 amide bonds. The molecule has 124 valence electrons. The topological polar surface area (TPSA) is 49.8 Å². The molecule has 0 atom stereocenters. The third kappa shape index (κ3) is 3.73. The molecular formula is C19H15ClN4S. The van der Waals surface area contributed by atoms with Gasteiger partial charge in [0.15, 0.2) is 0 Å². The van der Waals surface area contributed by atoms with Crippen LogP contribution in [0.4, 0.5) is 17.5 Å². The van der Waals surface area contributed by atoms with Gasteiger partial charge in [-0.15, -0.1) is 11.3 Å². The summed E-state index contributed by atoms with van der Waals surface area (Å²) in [4.78, 5) is 10.5. The molecule has 0 radical (unpaired) electrons. The molecule has 0 fully saturated rings. The van der Waals surface area contributed by atoms with Crippen molar-refractivity contribution in [2.24, 2.45) is 0 Å². The average molecular weight is 367 g/mol. The van der Waals surface area contributed by atoms with E-state index in [1.165, 1.54) is 4.88 Å². The number of thiophene rings is 1. The van der Waals surface area contributed by atoms with Crippen LogP contribution in [0.25, 0.3) is 10.9 Å². The van der Waals surface area contributed by atoms with Crippen molar-refractivity contribution in [3.8, 4) is 0 Å². The summed E-state index contributed by atoms with van der Waals surface area (Å²) in [6.45, 7) is 0.735. The van der Waals surface area contributed by atoms with Crippen molar-refractivity contribution in [3.63, 3.8) is 0 Å². The van der Waals surface area contributed by atoms with Crippen LogP contribution in [0.1, 0.15) is 4.88 Å². The lowest BCUT2D eigenvalue weighted by Gasteiger charge is -2.11. The Kier molecular flexibility index (Phi) is 4.50. The molecule has 6 heteroatoms. The first-order valence-corrected chi connectivity index (χ1v) is 9.09. The quantitative estimate of drug-likeness (QED) is 0.475. The molecule has 0 saturated heterocycles. The van der Waals surface area contributed by atoms with Crippen LogP contribution in [0.3, 0.4) is 0 Å². The smallest absolute Gasteiger partial charge is 0.229 e. The maximum atomic E-state index is 5.94. The summed E-state index contributed by atoms with van der Waals surface area (Å²) in [5.41, 5.74) is 1.78. The number of rotatable bonds is 5. The SMILES string of the molecule is Clc1ccc(Nc2nc(NCc3cccs3)c3ccccc3n2)cc1. The van der Waals surface area contributed by atoms with E-state index in [1.54, 1.807) is 11.3 Å². The number of hydrogen-bond donors (Lipinski definition) is 2. The zero-order valence-electron chi connectivity index (χ0n) is 13.2. The van der Waals surface area contributed by atoms with E-state index in [9.17, 15) is 0 Å². The van der Waals surface area contributed by atoms with Gasteiger partial charge in [0.25, 0.3) is 0 Å². The monoisotopic (exact) mass is 366 g/mol. The van der Waals surface area contributed by atoms with Crippen molar-refractivity contribution in [1.82, 2.24) is 9.97 Å². The minimum absolute atomic E-state index is 0.551. The summed E-state index contributed by atoms with van der Waals surface area (Å²) in [5.74, 6) is 1.37. The summed E-state index contributed by atoms with van der Waals surface area (Å²) < 4.78 is 0. The third-order valence-electron chi connectivity index (χ3n) is 3.71. The van der Waals surface area contributed by atoms with Crippen molar-refractivity contribution in [2.75, 3.05) is 10.6 Å². The highest BCUT2D eigenvalue weighted by Gasteiger charge is 2.08. The van der Waals surface area contributed by atoms with Gasteiger partial charge in [-0.2, -0.15) is 4.98 Å². The van der Waals surface area contributed by atoms with Crippen molar-refractivity contribution in [2.45, 2.75) is 6.54 Å². The van der Waals surface area contributed by atoms with Crippen LogP contribution in [0.2, 0.25) is 5.02 Å². The number of benzene rings is 2. The molecule has 0 aliphatic heterocycles. The Bertz CT molecular complexity index is 984. The van der Waals surface area contributed by atoms with Crippen LogP contribution < -0.4 is 10.6 Å². The van der Waals surface area contributed by atoms with Gasteiger partial charge in [-0.3, -0.25) is 0 Å². The molecule has 2 aromatic carbocycles. The van der Waals surface area contributed by atoms with E-state index in [2.05, 4.69) is 32.0 Å². The molecule has 0 saturated carbocycles. The maximum Gasteiger partial charge on any atom is 0.229 e. The predicted octanol–water partition coefficient (Wildman–Crippen LogP) is 5.70. The van der Waals surface area contributed by atoms with Gasteiger partial charge in [0.05, 0.1) is 12.1 Å². The molecule has 2 heterocycles. The van der Waals surface area contributed by atoms with Gasteiger partial charge >= 0.3 is 0 Å². The molecule has 25 heavy (non-hydrogen) atoms. The first-order chi connectivity index (χ1) is 12.3. The highest BCUT2D eigenvalue weighted by Crippen LogP contribution is 2.25. The minimum Gasteiger partial charge on any atom is -0.364 e. The van der Waals surface area contributed by atoms with Gasteiger partial charge in [0.2, 0.25) is 5.95 Å². The first kappa shape index (κ1) is 15.9. The fourth-order valence-corrected chi connectivity index (χ4v) is 3.28. The Morgan fingerprint density at radius 3 is 2.56 bits per heavy atom. The summed E-state index contributed by atoms with van der Waals surface area (Å²) in [6.07, 6.45) is 0. The van der Waals surface area contributed by atoms with E-state index in [4.69, 9.17) is 11.6 Å². The second kappa shape index (κ2) is 7.09. The molecule has 0 bridgehead atoms. The van der Waals surface area contributed by atoms with Crippen LogP contribution in [-0.4, -0.2) is 9.97 Å². The van der Waals surface area contributed by atoms with E-state index in [0.29, 0.717) is 11.0 Å². The average Bonchev–Trinajstić information content (AvgIpc) is 3.15. The fourth-order valence-electron chi connectivity index (χ4n) is 2.51. The summed E-state index contributed by atoms with van der Waals surface area (Å²) in [7, 11) is 0. The summed E-state index contributed by atoms with van der Waals surface area (Å²) in [6, 6.07) is 19.6. The Hall–Kier alpha value is -2.63. The third-order valence-corrected chi connectivity index (χ3v) is 4.84. The van der Waals surface area contributed by atoms with Gasteiger partial charge < -0.3 is 10.6 Å². The van der Waals surface area contributed by atoms with Crippen molar-refractivity contribution < 1.29 is 0 Å². The van der Waals surface area contributed by atoms with Gasteiger partial charge in [-0.05, 0) is 47.8 Å². The number of anilines is 3. The lowest BCUT2D eigenvalue weighted by Crippen LogP contribution is -2.05. The zero-order chi connectivity index (χ0) is 17.1. The lowest BCUT2D eigenvalue weighted by atomic mass is 10.2. The van der Waals surface area contributed by atoms with E-state index >= 15 is 0 Å². The van der Waals surface area contributed by atoms with E-state index in [-0.39, 0.29) is 0 Å². The molecule has 0 spiro atoms. The van der Waals surface area contributed by atoms with Gasteiger partial charge in [0.1, 0.15) is 5.82 Å². The lowest BCUT2D eigenvalue weighted by molar-refractivity contribution is 1.13. The largest absolute Gasteiger partial charge is 0.364 e. The number of aromatic nitrogens is 2. The van der Waals surface area contributed by atoms with Gasteiger partial charge in [0, 0.05) is 21.0 Å². The van der Waals surface area contributed by atoms with Crippen molar-refractivity contribution in [3.05, 3.63) is 75.9 Å². The number of nitrogens with one attached hydrogen (secondary N) is 2. The molecule has 4 rings (SSSR count). The highest BCUT2D eigenvalue weighted by molar-refractivity contribution is 7.09. The van der Waals surface area contributed by atoms with E-state index in [0.717, 1.165) is 29.0 Å². The van der Waals surface area contributed by atoms with E-state index in [1.807, 2.05) is 54.6 Å². The second-order valence-corrected chi connectivity index (χ2v) is 6.95. The minimum atomic E-state index is 0.551. The molecular weight excluding hydrogens is 352 g/mol. The van der Waals surface area contributed by atoms with E-state index < -0.39 is 0 Å². The maximum absolute atomic E-state index is 5.94. The van der Waals surface area contributed by atoms with Crippen LogP contribution in [0.15, 0.2) is 66.0 Å². The standard InChI is InChI=1S/C19H15ClN4S/c20-13-7-9-14(10-8-13)22-19-23-17-6-2-1-5-16(17)18(24-19)21-12-15-4-3-11-25-15/h1-11H,12H2,(H2,21,22,23,24). The number of hydrogen-bond acceptors (Lipinski definition) is 5. The number of halogens is 1. The normalized spacial score (nSPS) is 10.8. The molecule has 4 aromatic rings.